The van der Waals surface area contributed by atoms with Crippen LogP contribution < -0.4 is 5.32 Å². The Hall–Kier alpha value is -0.950. The minimum absolute atomic E-state index is 0.0449. The molecule has 1 fully saturated rings. The Bertz CT molecular complexity index is 603. The molecule has 1 aromatic carbocycles. The number of anilines is 1. The number of sulfone groups is 1. The van der Waals surface area contributed by atoms with Gasteiger partial charge in [0.1, 0.15) is 5.82 Å². The Morgan fingerprint density at radius 2 is 2.21 bits per heavy atom. The van der Waals surface area contributed by atoms with Gasteiger partial charge in [-0.2, -0.15) is 0 Å². The number of carbonyl (C=O) groups is 1. The van der Waals surface area contributed by atoms with Crippen LogP contribution in [-0.4, -0.2) is 25.8 Å². The van der Waals surface area contributed by atoms with Gasteiger partial charge in [0.15, 0.2) is 9.84 Å². The maximum absolute atomic E-state index is 13.5. The summed E-state index contributed by atoms with van der Waals surface area (Å²) in [6.07, 6.45) is 0.604. The zero-order chi connectivity index (χ0) is 14.0. The maximum atomic E-state index is 13.5. The zero-order valence-electron chi connectivity index (χ0n) is 10.0. The molecule has 1 amide bonds. The Labute approximate surface area is 119 Å². The predicted molar refractivity (Wildman–Crippen MR) is 74.1 cm³/mol. The molecule has 1 aliphatic rings. The minimum atomic E-state index is -2.99. The fraction of sp³-hybridized carbons (Fsp3) is 0.417. The van der Waals surface area contributed by atoms with Crippen molar-refractivity contribution >= 4 is 37.4 Å². The van der Waals surface area contributed by atoms with E-state index in [1.807, 2.05) is 0 Å². The largest absolute Gasteiger partial charge is 0.324 e. The summed E-state index contributed by atoms with van der Waals surface area (Å²) < 4.78 is 36.6. The smallest absolute Gasteiger partial charge is 0.224 e. The molecule has 0 radical (unpaired) electrons. The third kappa shape index (κ3) is 4.01. The molecule has 1 aromatic rings. The summed E-state index contributed by atoms with van der Waals surface area (Å²) in [6, 6.07) is 4.34. The van der Waals surface area contributed by atoms with Crippen molar-refractivity contribution in [1.82, 2.24) is 0 Å². The van der Waals surface area contributed by atoms with Gasteiger partial charge >= 0.3 is 0 Å². The van der Waals surface area contributed by atoms with Crippen LogP contribution in [-0.2, 0) is 14.6 Å². The number of carbonyl (C=O) groups excluding carboxylic acids is 1. The normalized spacial score (nSPS) is 21.3. The second-order valence-electron chi connectivity index (χ2n) is 4.65. The van der Waals surface area contributed by atoms with Crippen LogP contribution in [0.2, 0.25) is 0 Å². The number of hydrogen-bond acceptors (Lipinski definition) is 3. The second kappa shape index (κ2) is 5.58. The average Bonchev–Trinajstić information content (AvgIpc) is 2.62. The number of nitrogens with one attached hydrogen (secondary N) is 1. The molecule has 1 aliphatic heterocycles. The van der Waals surface area contributed by atoms with Crippen LogP contribution in [0.25, 0.3) is 0 Å². The van der Waals surface area contributed by atoms with Crippen LogP contribution >= 0.6 is 15.9 Å². The molecule has 7 heteroatoms. The van der Waals surface area contributed by atoms with Crippen molar-refractivity contribution in [2.45, 2.75) is 12.8 Å². The van der Waals surface area contributed by atoms with Crippen LogP contribution in [0, 0.1) is 11.7 Å². The quantitative estimate of drug-likeness (QED) is 0.910. The molecule has 0 aromatic heterocycles. The molecule has 2 rings (SSSR count). The van der Waals surface area contributed by atoms with E-state index in [-0.39, 0.29) is 35.4 Å². The molecule has 1 N–H and O–H groups in total. The van der Waals surface area contributed by atoms with E-state index in [0.29, 0.717) is 10.9 Å². The van der Waals surface area contributed by atoms with Gasteiger partial charge in [0.2, 0.25) is 5.91 Å². The first-order valence-electron chi connectivity index (χ1n) is 5.81. The van der Waals surface area contributed by atoms with Crippen molar-refractivity contribution < 1.29 is 17.6 Å². The lowest BCUT2D eigenvalue weighted by Gasteiger charge is -2.09. The predicted octanol–water partition coefficient (Wildman–Crippen LogP) is 2.35. The molecule has 0 unspecified atom stereocenters. The van der Waals surface area contributed by atoms with Crippen molar-refractivity contribution in [2.75, 3.05) is 16.8 Å². The number of rotatable bonds is 3. The second-order valence-corrected chi connectivity index (χ2v) is 7.79. The first-order chi connectivity index (χ1) is 8.85. The first-order valence-corrected chi connectivity index (χ1v) is 8.42. The van der Waals surface area contributed by atoms with Gasteiger partial charge in [0.05, 0.1) is 17.2 Å². The highest BCUT2D eigenvalue weighted by Gasteiger charge is 2.29. The number of benzene rings is 1. The van der Waals surface area contributed by atoms with Crippen molar-refractivity contribution in [1.29, 1.82) is 0 Å². The molecule has 1 saturated heterocycles. The molecule has 1 heterocycles. The van der Waals surface area contributed by atoms with Crippen LogP contribution in [0.5, 0.6) is 0 Å². The molecule has 0 saturated carbocycles. The lowest BCUT2D eigenvalue weighted by Crippen LogP contribution is -2.18. The summed E-state index contributed by atoms with van der Waals surface area (Å²) in [7, 11) is -2.99. The van der Waals surface area contributed by atoms with E-state index < -0.39 is 15.7 Å². The molecule has 0 bridgehead atoms. The molecule has 0 aliphatic carbocycles. The standard InChI is InChI=1S/C12H13BrFNO3S/c13-9-1-2-11(10(14)6-9)15-12(16)5-8-3-4-19(17,18)7-8/h1-2,6,8H,3-5,7H2,(H,15,16)/t8-/m0/s1. The van der Waals surface area contributed by atoms with Crippen molar-refractivity contribution in [3.63, 3.8) is 0 Å². The molecule has 19 heavy (non-hydrogen) atoms. The molecular weight excluding hydrogens is 337 g/mol. The Balaban J connectivity index is 1.95. The van der Waals surface area contributed by atoms with Crippen LogP contribution in [0.15, 0.2) is 22.7 Å². The highest BCUT2D eigenvalue weighted by molar-refractivity contribution is 9.10. The first kappa shape index (κ1) is 14.5. The summed E-state index contributed by atoms with van der Waals surface area (Å²) >= 11 is 3.13. The average molecular weight is 350 g/mol. The molecular formula is C12H13BrFNO3S. The van der Waals surface area contributed by atoms with Crippen LogP contribution in [0.4, 0.5) is 10.1 Å². The van der Waals surface area contributed by atoms with Gasteiger partial charge in [-0.15, -0.1) is 0 Å². The van der Waals surface area contributed by atoms with Gasteiger partial charge in [0.25, 0.3) is 0 Å². The van der Waals surface area contributed by atoms with E-state index in [4.69, 9.17) is 0 Å². The number of halogens is 2. The third-order valence-corrected chi connectivity index (χ3v) is 5.34. The van der Waals surface area contributed by atoms with E-state index in [1.54, 1.807) is 6.07 Å². The number of hydrogen-bond donors (Lipinski definition) is 1. The van der Waals surface area contributed by atoms with E-state index >= 15 is 0 Å². The van der Waals surface area contributed by atoms with Crippen LogP contribution in [0.1, 0.15) is 12.8 Å². The summed E-state index contributed by atoms with van der Waals surface area (Å²) in [6.45, 7) is 0. The highest BCUT2D eigenvalue weighted by atomic mass is 79.9. The zero-order valence-corrected chi connectivity index (χ0v) is 12.4. The Kier molecular flexibility index (Phi) is 4.25. The van der Waals surface area contributed by atoms with Crippen molar-refractivity contribution in [2.24, 2.45) is 5.92 Å². The third-order valence-electron chi connectivity index (χ3n) is 3.01. The Morgan fingerprint density at radius 1 is 1.47 bits per heavy atom. The monoisotopic (exact) mass is 349 g/mol. The molecule has 0 spiro atoms. The molecule has 4 nitrogen and oxygen atoms in total. The van der Waals surface area contributed by atoms with Gasteiger partial charge in [-0.25, -0.2) is 12.8 Å². The lowest BCUT2D eigenvalue weighted by molar-refractivity contribution is -0.116. The van der Waals surface area contributed by atoms with Gasteiger partial charge in [-0.05, 0) is 30.5 Å². The fourth-order valence-electron chi connectivity index (χ4n) is 2.09. The van der Waals surface area contributed by atoms with E-state index in [0.717, 1.165) is 0 Å². The minimum Gasteiger partial charge on any atom is -0.324 e. The van der Waals surface area contributed by atoms with Gasteiger partial charge in [-0.1, -0.05) is 15.9 Å². The SMILES string of the molecule is O=C(C[C@@H]1CCS(=O)(=O)C1)Nc1ccc(Br)cc1F. The van der Waals surface area contributed by atoms with E-state index in [2.05, 4.69) is 21.2 Å². The van der Waals surface area contributed by atoms with E-state index in [1.165, 1.54) is 12.1 Å². The van der Waals surface area contributed by atoms with Gasteiger partial charge in [-0.3, -0.25) is 4.79 Å². The van der Waals surface area contributed by atoms with Crippen LogP contribution in [0.3, 0.4) is 0 Å². The topological polar surface area (TPSA) is 63.2 Å². The summed E-state index contributed by atoms with van der Waals surface area (Å²) in [5, 5.41) is 2.46. The van der Waals surface area contributed by atoms with Crippen molar-refractivity contribution in [3.8, 4) is 0 Å². The summed E-state index contributed by atoms with van der Waals surface area (Å²) in [4.78, 5) is 11.7. The molecule has 104 valence electrons. The Morgan fingerprint density at radius 3 is 2.79 bits per heavy atom. The van der Waals surface area contributed by atoms with E-state index in [9.17, 15) is 17.6 Å². The molecule has 1 atom stereocenters. The van der Waals surface area contributed by atoms with Crippen molar-refractivity contribution in [3.05, 3.63) is 28.5 Å². The number of amides is 1. The summed E-state index contributed by atoms with van der Waals surface area (Å²) in [5.74, 6) is -0.866. The lowest BCUT2D eigenvalue weighted by atomic mass is 10.1. The van der Waals surface area contributed by atoms with Gasteiger partial charge < -0.3 is 5.32 Å². The van der Waals surface area contributed by atoms with Gasteiger partial charge in [0, 0.05) is 10.9 Å². The fourth-order valence-corrected chi connectivity index (χ4v) is 4.28. The summed E-state index contributed by atoms with van der Waals surface area (Å²) in [5.41, 5.74) is 0.106. The maximum Gasteiger partial charge on any atom is 0.224 e. The highest BCUT2D eigenvalue weighted by Crippen LogP contribution is 2.23.